The lowest BCUT2D eigenvalue weighted by Gasteiger charge is -2.03. The van der Waals surface area contributed by atoms with Crippen molar-refractivity contribution in [3.05, 3.63) is 52.9 Å². The van der Waals surface area contributed by atoms with E-state index in [1.165, 1.54) is 0 Å². The molecule has 0 fully saturated rings. The molecule has 0 aliphatic heterocycles. The lowest BCUT2D eigenvalue weighted by atomic mass is 10.1. The van der Waals surface area contributed by atoms with Crippen molar-refractivity contribution < 1.29 is 9.32 Å². The van der Waals surface area contributed by atoms with Gasteiger partial charge in [-0.25, -0.2) is 0 Å². The van der Waals surface area contributed by atoms with Crippen LogP contribution in [0.3, 0.4) is 0 Å². The number of benzene rings is 1. The first-order valence-electron chi connectivity index (χ1n) is 5.67. The van der Waals surface area contributed by atoms with E-state index in [1.807, 2.05) is 25.1 Å². The minimum Gasteiger partial charge on any atom is -0.366 e. The summed E-state index contributed by atoms with van der Waals surface area (Å²) in [5, 5.41) is 7.04. The summed E-state index contributed by atoms with van der Waals surface area (Å²) in [5.74, 6) is 0.396. The first-order valence-corrected chi connectivity index (χ1v) is 5.67. The van der Waals surface area contributed by atoms with Gasteiger partial charge in [-0.15, -0.1) is 0 Å². The van der Waals surface area contributed by atoms with Crippen LogP contribution in [0.5, 0.6) is 0 Å². The van der Waals surface area contributed by atoms with Gasteiger partial charge in [-0.1, -0.05) is 17.3 Å². The number of nitrogens with zero attached hydrogens (tertiary/aromatic N) is 1. The molecule has 5 heteroatoms. The van der Waals surface area contributed by atoms with Gasteiger partial charge in [0.05, 0.1) is 12.2 Å². The van der Waals surface area contributed by atoms with E-state index in [9.17, 15) is 4.79 Å². The third-order valence-corrected chi connectivity index (χ3v) is 2.54. The highest BCUT2D eigenvalue weighted by atomic mass is 16.5. The molecule has 0 aliphatic carbocycles. The van der Waals surface area contributed by atoms with Gasteiger partial charge in [-0.3, -0.25) is 4.79 Å². The van der Waals surface area contributed by atoms with E-state index in [-0.39, 0.29) is 0 Å². The second kappa shape index (κ2) is 5.46. The number of rotatable bonds is 5. The summed E-state index contributed by atoms with van der Waals surface area (Å²) in [5.41, 5.74) is 7.64. The molecule has 2 aromatic rings. The second-order valence-corrected chi connectivity index (χ2v) is 4.10. The lowest BCUT2D eigenvalue weighted by Crippen LogP contribution is -2.13. The zero-order chi connectivity index (χ0) is 13.0. The number of primary amides is 1. The molecule has 1 aromatic heterocycles. The minimum absolute atomic E-state index is 0.411. The SMILES string of the molecule is Cc1cc(CNCc2ccc(C(N)=O)cc2)on1. The Morgan fingerprint density at radius 1 is 1.33 bits per heavy atom. The van der Waals surface area contributed by atoms with Gasteiger partial charge in [0.25, 0.3) is 0 Å². The Morgan fingerprint density at radius 3 is 2.61 bits per heavy atom. The van der Waals surface area contributed by atoms with Crippen LogP contribution in [0, 0.1) is 6.92 Å². The fourth-order valence-corrected chi connectivity index (χ4v) is 1.62. The maximum Gasteiger partial charge on any atom is 0.248 e. The van der Waals surface area contributed by atoms with Gasteiger partial charge in [0.1, 0.15) is 0 Å². The molecule has 0 spiro atoms. The van der Waals surface area contributed by atoms with Crippen LogP contribution in [-0.4, -0.2) is 11.1 Å². The number of nitrogens with two attached hydrogens (primary N) is 1. The van der Waals surface area contributed by atoms with Crippen LogP contribution in [0.15, 0.2) is 34.9 Å². The number of nitrogens with one attached hydrogen (secondary N) is 1. The number of hydrogen-bond donors (Lipinski definition) is 2. The summed E-state index contributed by atoms with van der Waals surface area (Å²) < 4.78 is 5.08. The summed E-state index contributed by atoms with van der Waals surface area (Å²) in [6.45, 7) is 3.20. The van der Waals surface area contributed by atoms with E-state index in [1.54, 1.807) is 12.1 Å². The molecule has 5 nitrogen and oxygen atoms in total. The quantitative estimate of drug-likeness (QED) is 0.833. The molecular weight excluding hydrogens is 230 g/mol. The maximum absolute atomic E-state index is 10.9. The molecule has 2 rings (SSSR count). The Balaban J connectivity index is 1.85. The molecule has 1 heterocycles. The molecule has 0 saturated carbocycles. The smallest absolute Gasteiger partial charge is 0.248 e. The molecule has 0 atom stereocenters. The Morgan fingerprint density at radius 2 is 2.06 bits per heavy atom. The van der Waals surface area contributed by atoms with Gasteiger partial charge >= 0.3 is 0 Å². The van der Waals surface area contributed by atoms with E-state index in [2.05, 4.69) is 10.5 Å². The van der Waals surface area contributed by atoms with Crippen molar-refractivity contribution in [2.45, 2.75) is 20.0 Å². The summed E-state index contributed by atoms with van der Waals surface area (Å²) in [6.07, 6.45) is 0. The molecule has 94 valence electrons. The highest BCUT2D eigenvalue weighted by molar-refractivity contribution is 5.92. The molecule has 0 bridgehead atoms. The first-order chi connectivity index (χ1) is 8.65. The first kappa shape index (κ1) is 12.3. The number of hydrogen-bond acceptors (Lipinski definition) is 4. The number of carbonyl (C=O) groups is 1. The highest BCUT2D eigenvalue weighted by Gasteiger charge is 2.01. The predicted molar refractivity (Wildman–Crippen MR) is 66.7 cm³/mol. The van der Waals surface area contributed by atoms with Crippen molar-refractivity contribution in [2.75, 3.05) is 0 Å². The number of carbonyl (C=O) groups excluding carboxylic acids is 1. The molecule has 0 saturated heterocycles. The highest BCUT2D eigenvalue weighted by Crippen LogP contribution is 2.05. The molecular formula is C13H15N3O2. The number of aromatic nitrogens is 1. The van der Waals surface area contributed by atoms with E-state index in [0.29, 0.717) is 18.7 Å². The van der Waals surface area contributed by atoms with Crippen LogP contribution >= 0.6 is 0 Å². The Hall–Kier alpha value is -2.14. The Bertz CT molecular complexity index is 531. The summed E-state index contributed by atoms with van der Waals surface area (Å²) in [4.78, 5) is 10.9. The monoisotopic (exact) mass is 245 g/mol. The van der Waals surface area contributed by atoms with Gasteiger partial charge in [-0.05, 0) is 24.6 Å². The van der Waals surface area contributed by atoms with Crippen molar-refractivity contribution in [1.82, 2.24) is 10.5 Å². The molecule has 1 aromatic carbocycles. The van der Waals surface area contributed by atoms with Crippen LogP contribution in [0.4, 0.5) is 0 Å². The third-order valence-electron chi connectivity index (χ3n) is 2.54. The van der Waals surface area contributed by atoms with Crippen molar-refractivity contribution in [1.29, 1.82) is 0 Å². The van der Waals surface area contributed by atoms with Crippen LogP contribution in [0.2, 0.25) is 0 Å². The van der Waals surface area contributed by atoms with E-state index in [0.717, 1.165) is 17.0 Å². The topological polar surface area (TPSA) is 81.1 Å². The van der Waals surface area contributed by atoms with E-state index >= 15 is 0 Å². The summed E-state index contributed by atoms with van der Waals surface area (Å²) in [6, 6.07) is 9.08. The van der Waals surface area contributed by atoms with Gasteiger partial charge in [0.15, 0.2) is 5.76 Å². The minimum atomic E-state index is -0.411. The normalized spacial score (nSPS) is 10.5. The second-order valence-electron chi connectivity index (χ2n) is 4.10. The molecule has 3 N–H and O–H groups in total. The standard InChI is InChI=1S/C13H15N3O2/c1-9-6-12(18-16-9)8-15-7-10-2-4-11(5-3-10)13(14)17/h2-6,15H,7-8H2,1H3,(H2,14,17). The summed E-state index contributed by atoms with van der Waals surface area (Å²) in [7, 11) is 0. The van der Waals surface area contributed by atoms with Crippen molar-refractivity contribution in [3.8, 4) is 0 Å². The molecule has 0 unspecified atom stereocenters. The zero-order valence-electron chi connectivity index (χ0n) is 10.1. The molecule has 18 heavy (non-hydrogen) atoms. The number of amides is 1. The molecule has 0 radical (unpaired) electrons. The molecule has 0 aliphatic rings. The average Bonchev–Trinajstić information content (AvgIpc) is 2.76. The maximum atomic E-state index is 10.9. The zero-order valence-corrected chi connectivity index (χ0v) is 10.1. The van der Waals surface area contributed by atoms with Crippen molar-refractivity contribution in [3.63, 3.8) is 0 Å². The summed E-state index contributed by atoms with van der Waals surface area (Å²) >= 11 is 0. The largest absolute Gasteiger partial charge is 0.366 e. The van der Waals surface area contributed by atoms with Crippen LogP contribution < -0.4 is 11.1 Å². The Labute approximate surface area is 105 Å². The fourth-order valence-electron chi connectivity index (χ4n) is 1.62. The molecule has 1 amide bonds. The van der Waals surface area contributed by atoms with Crippen LogP contribution in [-0.2, 0) is 13.1 Å². The van der Waals surface area contributed by atoms with E-state index < -0.39 is 5.91 Å². The van der Waals surface area contributed by atoms with Gasteiger partial charge in [0, 0.05) is 18.2 Å². The lowest BCUT2D eigenvalue weighted by molar-refractivity contribution is 0.100. The third kappa shape index (κ3) is 3.18. The van der Waals surface area contributed by atoms with Gasteiger partial charge < -0.3 is 15.6 Å². The van der Waals surface area contributed by atoms with Crippen molar-refractivity contribution >= 4 is 5.91 Å². The van der Waals surface area contributed by atoms with E-state index in [4.69, 9.17) is 10.3 Å². The van der Waals surface area contributed by atoms with Crippen molar-refractivity contribution in [2.24, 2.45) is 5.73 Å². The van der Waals surface area contributed by atoms with Gasteiger partial charge in [-0.2, -0.15) is 0 Å². The number of aryl methyl sites for hydroxylation is 1. The van der Waals surface area contributed by atoms with Crippen LogP contribution in [0.25, 0.3) is 0 Å². The predicted octanol–water partition coefficient (Wildman–Crippen LogP) is 1.37. The van der Waals surface area contributed by atoms with Crippen LogP contribution in [0.1, 0.15) is 27.4 Å². The Kier molecular flexibility index (Phi) is 3.74. The van der Waals surface area contributed by atoms with Gasteiger partial charge in [0.2, 0.25) is 5.91 Å². The fraction of sp³-hybridized carbons (Fsp3) is 0.231. The average molecular weight is 245 g/mol.